The molecule has 0 spiro atoms. The van der Waals surface area contributed by atoms with Crippen molar-refractivity contribution < 1.29 is 18.3 Å². The molecule has 0 aliphatic carbocycles. The van der Waals surface area contributed by atoms with Crippen LogP contribution in [0.25, 0.3) is 0 Å². The summed E-state index contributed by atoms with van der Waals surface area (Å²) in [6, 6.07) is 7.03. The van der Waals surface area contributed by atoms with E-state index in [1.807, 2.05) is 13.0 Å². The third-order valence-electron chi connectivity index (χ3n) is 4.32. The fourth-order valence-corrected chi connectivity index (χ4v) is 2.83. The summed E-state index contributed by atoms with van der Waals surface area (Å²) in [7, 11) is 0. The Labute approximate surface area is 144 Å². The van der Waals surface area contributed by atoms with E-state index < -0.39 is 23.1 Å². The van der Waals surface area contributed by atoms with Gasteiger partial charge >= 0.3 is 0 Å². The normalized spacial score (nSPS) is 15.2. The quantitative estimate of drug-likeness (QED) is 0.853. The molecule has 0 saturated carbocycles. The summed E-state index contributed by atoms with van der Waals surface area (Å²) in [6.07, 6.45) is 1.42. The molecule has 1 aliphatic rings. The first-order chi connectivity index (χ1) is 12.0. The van der Waals surface area contributed by atoms with Gasteiger partial charge in [0.25, 0.3) is 5.91 Å². The van der Waals surface area contributed by atoms with Crippen LogP contribution in [-0.4, -0.2) is 40.7 Å². The van der Waals surface area contributed by atoms with Crippen molar-refractivity contribution in [2.75, 3.05) is 19.7 Å². The van der Waals surface area contributed by atoms with Crippen LogP contribution in [0.5, 0.6) is 5.88 Å². The number of aromatic nitrogens is 2. The van der Waals surface area contributed by atoms with E-state index in [0.29, 0.717) is 38.4 Å². The van der Waals surface area contributed by atoms with E-state index in [9.17, 15) is 13.6 Å². The molecule has 0 bridgehead atoms. The highest BCUT2D eigenvalue weighted by Crippen LogP contribution is 2.22. The first-order valence-electron chi connectivity index (χ1n) is 8.21. The zero-order valence-electron chi connectivity index (χ0n) is 13.9. The minimum atomic E-state index is -0.826. The van der Waals surface area contributed by atoms with Crippen molar-refractivity contribution in [1.29, 1.82) is 0 Å². The Hall–Kier alpha value is -2.57. The number of halogens is 2. The van der Waals surface area contributed by atoms with Gasteiger partial charge < -0.3 is 9.64 Å². The number of amides is 1. The average Bonchev–Trinajstić information content (AvgIpc) is 2.61. The zero-order chi connectivity index (χ0) is 17.8. The Morgan fingerprint density at radius 2 is 1.84 bits per heavy atom. The third kappa shape index (κ3) is 4.10. The second-order valence-corrected chi connectivity index (χ2v) is 6.16. The summed E-state index contributed by atoms with van der Waals surface area (Å²) in [5.74, 6) is -1.52. The lowest BCUT2D eigenvalue weighted by atomic mass is 9.97. The number of hydrogen-bond acceptors (Lipinski definition) is 4. The maximum absolute atomic E-state index is 13.7. The molecule has 5 nitrogen and oxygen atoms in total. The number of ether oxygens (including phenoxy) is 1. The Kier molecular flexibility index (Phi) is 5.21. The molecule has 0 atom stereocenters. The van der Waals surface area contributed by atoms with Crippen molar-refractivity contribution >= 4 is 5.91 Å². The van der Waals surface area contributed by atoms with Gasteiger partial charge in [0.2, 0.25) is 5.88 Å². The van der Waals surface area contributed by atoms with Gasteiger partial charge in [0, 0.05) is 19.2 Å². The molecule has 1 aliphatic heterocycles. The molecule has 3 rings (SSSR count). The van der Waals surface area contributed by atoms with Crippen LogP contribution in [0.2, 0.25) is 0 Å². The second kappa shape index (κ2) is 7.55. The summed E-state index contributed by atoms with van der Waals surface area (Å²) in [5, 5.41) is 7.87. The predicted molar refractivity (Wildman–Crippen MR) is 87.2 cm³/mol. The minimum Gasteiger partial charge on any atom is -0.476 e. The topological polar surface area (TPSA) is 55.3 Å². The van der Waals surface area contributed by atoms with Gasteiger partial charge in [-0.15, -0.1) is 5.10 Å². The van der Waals surface area contributed by atoms with Crippen molar-refractivity contribution in [3.8, 4) is 5.88 Å². The first-order valence-corrected chi connectivity index (χ1v) is 8.21. The summed E-state index contributed by atoms with van der Waals surface area (Å²) < 4.78 is 33.1. The predicted octanol–water partition coefficient (Wildman–Crippen LogP) is 2.99. The lowest BCUT2D eigenvalue weighted by molar-refractivity contribution is 0.0649. The molecule has 2 aromatic rings. The smallest absolute Gasteiger partial charge is 0.259 e. The lowest BCUT2D eigenvalue weighted by Crippen LogP contribution is -2.40. The monoisotopic (exact) mass is 347 g/mol. The van der Waals surface area contributed by atoms with Crippen LogP contribution < -0.4 is 4.74 Å². The Morgan fingerprint density at radius 3 is 2.44 bits per heavy atom. The van der Waals surface area contributed by atoms with Crippen LogP contribution >= 0.6 is 0 Å². The van der Waals surface area contributed by atoms with E-state index in [1.165, 1.54) is 11.0 Å². The number of rotatable bonds is 4. The van der Waals surface area contributed by atoms with E-state index in [4.69, 9.17) is 4.74 Å². The third-order valence-corrected chi connectivity index (χ3v) is 4.32. The number of likely N-dealkylation sites (tertiary alicyclic amines) is 1. The SMILES string of the molecule is Cc1ccc(OCC2CCN(C(=O)c3c(F)cccc3F)CC2)nn1. The molecule has 0 N–H and O–H groups in total. The number of nitrogens with zero attached hydrogens (tertiary/aromatic N) is 3. The number of carbonyl (C=O) groups excluding carboxylic acids is 1. The molecular formula is C18H19F2N3O2. The molecule has 0 radical (unpaired) electrons. The fourth-order valence-electron chi connectivity index (χ4n) is 2.83. The summed E-state index contributed by atoms with van der Waals surface area (Å²) in [4.78, 5) is 13.8. The van der Waals surface area contributed by atoms with Crippen LogP contribution in [0.3, 0.4) is 0 Å². The van der Waals surface area contributed by atoms with Crippen LogP contribution in [0, 0.1) is 24.5 Å². The van der Waals surface area contributed by atoms with Crippen LogP contribution in [0.1, 0.15) is 28.9 Å². The average molecular weight is 347 g/mol. The maximum Gasteiger partial charge on any atom is 0.259 e. The van der Waals surface area contributed by atoms with Crippen LogP contribution in [0.4, 0.5) is 8.78 Å². The minimum absolute atomic E-state index is 0.262. The van der Waals surface area contributed by atoms with Crippen molar-refractivity contribution in [2.45, 2.75) is 19.8 Å². The summed E-state index contributed by atoms with van der Waals surface area (Å²) in [6.45, 7) is 3.22. The number of aryl methyl sites for hydroxylation is 1. The number of benzene rings is 1. The van der Waals surface area contributed by atoms with Gasteiger partial charge in [0.1, 0.15) is 17.2 Å². The van der Waals surface area contributed by atoms with Gasteiger partial charge in [-0.1, -0.05) is 6.07 Å². The summed E-state index contributed by atoms with van der Waals surface area (Å²) >= 11 is 0. The molecule has 1 saturated heterocycles. The van der Waals surface area contributed by atoms with Gasteiger partial charge in [-0.25, -0.2) is 8.78 Å². The Bertz CT molecular complexity index is 724. The highest BCUT2D eigenvalue weighted by molar-refractivity contribution is 5.94. The van der Waals surface area contributed by atoms with E-state index >= 15 is 0 Å². The maximum atomic E-state index is 13.7. The van der Waals surface area contributed by atoms with Crippen molar-refractivity contribution in [3.63, 3.8) is 0 Å². The summed E-state index contributed by atoms with van der Waals surface area (Å²) in [5.41, 5.74) is 0.340. The van der Waals surface area contributed by atoms with Gasteiger partial charge in [0.15, 0.2) is 0 Å². The number of piperidine rings is 1. The van der Waals surface area contributed by atoms with Crippen molar-refractivity contribution in [1.82, 2.24) is 15.1 Å². The van der Waals surface area contributed by atoms with Gasteiger partial charge in [-0.05, 0) is 43.9 Å². The Morgan fingerprint density at radius 1 is 1.16 bits per heavy atom. The highest BCUT2D eigenvalue weighted by atomic mass is 19.1. The van der Waals surface area contributed by atoms with E-state index in [1.54, 1.807) is 6.07 Å². The molecule has 1 fully saturated rings. The molecule has 132 valence electrons. The molecule has 7 heteroatoms. The van der Waals surface area contributed by atoms with Crippen LogP contribution in [-0.2, 0) is 0 Å². The fraction of sp³-hybridized carbons (Fsp3) is 0.389. The zero-order valence-corrected chi connectivity index (χ0v) is 13.9. The second-order valence-electron chi connectivity index (χ2n) is 6.16. The van der Waals surface area contributed by atoms with E-state index in [0.717, 1.165) is 17.8 Å². The standard InChI is InChI=1S/C18H19F2N3O2/c1-12-5-6-16(22-21-12)25-11-13-7-9-23(10-8-13)18(24)17-14(19)3-2-4-15(17)20/h2-6,13H,7-11H2,1H3. The molecule has 0 unspecified atom stereocenters. The molecule has 25 heavy (non-hydrogen) atoms. The van der Waals surface area contributed by atoms with Crippen molar-refractivity contribution in [2.24, 2.45) is 5.92 Å². The lowest BCUT2D eigenvalue weighted by Gasteiger charge is -2.32. The molecular weight excluding hydrogens is 328 g/mol. The molecule has 1 aromatic heterocycles. The Balaban J connectivity index is 1.53. The van der Waals surface area contributed by atoms with Crippen LogP contribution in [0.15, 0.2) is 30.3 Å². The van der Waals surface area contributed by atoms with E-state index in [-0.39, 0.29) is 5.92 Å². The van der Waals surface area contributed by atoms with Gasteiger partial charge in [0.05, 0.1) is 12.3 Å². The highest BCUT2D eigenvalue weighted by Gasteiger charge is 2.27. The largest absolute Gasteiger partial charge is 0.476 e. The number of hydrogen-bond donors (Lipinski definition) is 0. The number of carbonyl (C=O) groups is 1. The van der Waals surface area contributed by atoms with Gasteiger partial charge in [-0.3, -0.25) is 4.79 Å². The molecule has 1 aromatic carbocycles. The van der Waals surface area contributed by atoms with Crippen molar-refractivity contribution in [3.05, 3.63) is 53.2 Å². The first kappa shape index (κ1) is 17.3. The molecule has 2 heterocycles. The van der Waals surface area contributed by atoms with Gasteiger partial charge in [-0.2, -0.15) is 5.10 Å². The molecule has 1 amide bonds. The van der Waals surface area contributed by atoms with E-state index in [2.05, 4.69) is 10.2 Å².